The number of nitrogens with one attached hydrogen (secondary N) is 2. The number of aldehydes is 1. The molecule has 2 aromatic heterocycles. The number of aliphatic hydroxyl groups excluding tert-OH is 1. The molecule has 1 aliphatic rings. The normalized spacial score (nSPS) is 14.5. The maximum Gasteiger partial charge on any atom is 0.416 e. The predicted molar refractivity (Wildman–Crippen MR) is 179 cm³/mol. The largest absolute Gasteiger partial charge is 0.493 e. The summed E-state index contributed by atoms with van der Waals surface area (Å²) in [5, 5.41) is 15.1. The Labute approximate surface area is 277 Å². The zero-order valence-corrected chi connectivity index (χ0v) is 26.7. The van der Waals surface area contributed by atoms with E-state index in [0.29, 0.717) is 59.6 Å². The van der Waals surface area contributed by atoms with E-state index in [0.717, 1.165) is 34.0 Å². The van der Waals surface area contributed by atoms with Crippen LogP contribution in [0.25, 0.3) is 10.9 Å². The van der Waals surface area contributed by atoms with E-state index in [-0.39, 0.29) is 0 Å². The molecule has 0 fully saturated rings. The molecule has 3 heterocycles. The van der Waals surface area contributed by atoms with Crippen molar-refractivity contribution in [2.24, 2.45) is 0 Å². The van der Waals surface area contributed by atoms with Crippen molar-refractivity contribution in [3.05, 3.63) is 124 Å². The van der Waals surface area contributed by atoms with Gasteiger partial charge in [0.1, 0.15) is 23.8 Å². The third-order valence-electron chi connectivity index (χ3n) is 7.54. The third kappa shape index (κ3) is 8.24. The number of fused-ring (bicyclic) bond motifs is 3. The highest BCUT2D eigenvalue weighted by atomic mass is 35.5. The van der Waals surface area contributed by atoms with E-state index in [4.69, 9.17) is 32.7 Å². The van der Waals surface area contributed by atoms with Crippen LogP contribution in [-0.4, -0.2) is 65.2 Å². The highest BCUT2D eigenvalue weighted by molar-refractivity contribution is 6.31. The molecule has 2 atom stereocenters. The number of hydrogen-bond donors (Lipinski definition) is 3. The van der Waals surface area contributed by atoms with E-state index in [2.05, 4.69) is 15.3 Å². The number of halogens is 2. The molecule has 1 unspecified atom stereocenters. The average molecular weight is 662 g/mol. The minimum absolute atomic E-state index is 0.392. The number of rotatable bonds is 9. The van der Waals surface area contributed by atoms with E-state index >= 15 is 0 Å². The number of aromatic amines is 1. The standard InChI is InChI=1S/C29H29Cl2N3O4.C6H5NO/c1-32-17-21(35)13-15-37-22-7-2-18(3-8-22)28-27-24(25-16-20(31)6-11-26(25)33-27)12-14-34(28)29(36)38-23-9-4-19(30)5-10-23;8-5-6-1-3-7-4-2-6/h2-11,16,21,28,32-33,35H,12-15,17H2,1H3;1-5H/t21?,28-;/m0./s1. The number of hydrogen-bond acceptors (Lipinski definition) is 7. The van der Waals surface area contributed by atoms with Crippen molar-refractivity contribution in [2.45, 2.75) is 25.0 Å². The highest BCUT2D eigenvalue weighted by Gasteiger charge is 2.35. The van der Waals surface area contributed by atoms with Crippen LogP contribution in [0.3, 0.4) is 0 Å². The second kappa shape index (κ2) is 15.7. The fourth-order valence-electron chi connectivity index (χ4n) is 5.30. The lowest BCUT2D eigenvalue weighted by Gasteiger charge is -2.35. The fraction of sp³-hybridized carbons (Fsp3) is 0.229. The lowest BCUT2D eigenvalue weighted by Crippen LogP contribution is -2.42. The third-order valence-corrected chi connectivity index (χ3v) is 8.03. The summed E-state index contributed by atoms with van der Waals surface area (Å²) in [5.74, 6) is 1.12. The number of carbonyl (C=O) groups excluding carboxylic acids is 2. The first-order valence-electron chi connectivity index (χ1n) is 14.8. The molecule has 0 saturated carbocycles. The van der Waals surface area contributed by atoms with Crippen LogP contribution in [0.5, 0.6) is 11.5 Å². The molecule has 1 amide bonds. The lowest BCUT2D eigenvalue weighted by molar-refractivity contribution is 0.112. The summed E-state index contributed by atoms with van der Waals surface area (Å²) < 4.78 is 11.6. The van der Waals surface area contributed by atoms with Gasteiger partial charge in [0.05, 0.1) is 12.7 Å². The van der Waals surface area contributed by atoms with Gasteiger partial charge in [-0.15, -0.1) is 0 Å². The van der Waals surface area contributed by atoms with Crippen molar-refractivity contribution in [3.8, 4) is 11.5 Å². The zero-order chi connectivity index (χ0) is 32.5. The second-order valence-corrected chi connectivity index (χ2v) is 11.6. The first kappa shape index (κ1) is 33.0. The molecule has 0 bridgehead atoms. The van der Waals surface area contributed by atoms with Crippen molar-refractivity contribution < 1.29 is 24.2 Å². The molecule has 238 valence electrons. The number of amides is 1. The van der Waals surface area contributed by atoms with Crippen molar-refractivity contribution in [3.63, 3.8) is 0 Å². The predicted octanol–water partition coefficient (Wildman–Crippen LogP) is 6.86. The van der Waals surface area contributed by atoms with Gasteiger partial charge in [-0.1, -0.05) is 35.3 Å². The van der Waals surface area contributed by atoms with Gasteiger partial charge in [0.25, 0.3) is 0 Å². The van der Waals surface area contributed by atoms with Gasteiger partial charge in [0.15, 0.2) is 0 Å². The Bertz CT molecular complexity index is 1750. The first-order valence-corrected chi connectivity index (χ1v) is 15.6. The number of benzene rings is 3. The van der Waals surface area contributed by atoms with Gasteiger partial charge in [0, 0.05) is 64.1 Å². The second-order valence-electron chi connectivity index (χ2n) is 10.7. The molecule has 0 saturated heterocycles. The smallest absolute Gasteiger partial charge is 0.416 e. The quantitative estimate of drug-likeness (QED) is 0.148. The number of pyridine rings is 1. The molecule has 3 N–H and O–H groups in total. The van der Waals surface area contributed by atoms with Gasteiger partial charge in [-0.3, -0.25) is 14.7 Å². The topological polar surface area (TPSA) is 117 Å². The van der Waals surface area contributed by atoms with E-state index in [1.54, 1.807) is 60.7 Å². The Morgan fingerprint density at radius 1 is 1.04 bits per heavy atom. The van der Waals surface area contributed by atoms with Gasteiger partial charge in [-0.2, -0.15) is 0 Å². The summed E-state index contributed by atoms with van der Waals surface area (Å²) in [6, 6.07) is 23.1. The molecule has 9 nitrogen and oxygen atoms in total. The summed E-state index contributed by atoms with van der Waals surface area (Å²) in [6.07, 6.45) is 4.25. The van der Waals surface area contributed by atoms with Gasteiger partial charge in [0.2, 0.25) is 0 Å². The zero-order valence-electron chi connectivity index (χ0n) is 25.2. The minimum Gasteiger partial charge on any atom is -0.493 e. The Morgan fingerprint density at radius 3 is 2.41 bits per heavy atom. The number of aliphatic hydroxyl groups is 1. The van der Waals surface area contributed by atoms with E-state index in [9.17, 15) is 14.7 Å². The van der Waals surface area contributed by atoms with E-state index in [1.807, 2.05) is 42.5 Å². The molecule has 5 aromatic rings. The van der Waals surface area contributed by atoms with Crippen molar-refractivity contribution in [1.29, 1.82) is 0 Å². The number of ether oxygens (including phenoxy) is 2. The van der Waals surface area contributed by atoms with Crippen LogP contribution in [0, 0.1) is 0 Å². The van der Waals surface area contributed by atoms with Crippen molar-refractivity contribution in [1.82, 2.24) is 20.2 Å². The summed E-state index contributed by atoms with van der Waals surface area (Å²) in [7, 11) is 1.80. The SMILES string of the molecule is CNCC(O)CCOc1ccc([C@H]2c3[nH]c4ccc(Cl)cc4c3CCN2C(=O)Oc2ccc(Cl)cc2)cc1.O=Cc1ccncc1. The lowest BCUT2D eigenvalue weighted by atomic mass is 9.92. The number of H-pyrrole nitrogens is 1. The molecule has 0 spiro atoms. The van der Waals surface area contributed by atoms with Crippen LogP contribution >= 0.6 is 23.2 Å². The molecule has 46 heavy (non-hydrogen) atoms. The molecule has 0 radical (unpaired) electrons. The maximum atomic E-state index is 13.4. The molecule has 11 heteroatoms. The molecule has 0 aliphatic carbocycles. The Kier molecular flexibility index (Phi) is 11.3. The number of aromatic nitrogens is 2. The Hall–Kier alpha value is -4.41. The van der Waals surface area contributed by atoms with Crippen LogP contribution in [0.4, 0.5) is 4.79 Å². The summed E-state index contributed by atoms with van der Waals surface area (Å²) in [4.78, 5) is 32.4. The fourth-order valence-corrected chi connectivity index (χ4v) is 5.60. The van der Waals surface area contributed by atoms with Crippen molar-refractivity contribution >= 4 is 46.5 Å². The average Bonchev–Trinajstić information content (AvgIpc) is 3.44. The van der Waals surface area contributed by atoms with Crippen LogP contribution in [0.1, 0.15) is 39.6 Å². The van der Waals surface area contributed by atoms with Crippen LogP contribution < -0.4 is 14.8 Å². The number of carbonyl (C=O) groups is 2. The monoisotopic (exact) mass is 660 g/mol. The van der Waals surface area contributed by atoms with E-state index < -0.39 is 18.2 Å². The summed E-state index contributed by atoms with van der Waals surface area (Å²) in [5.41, 5.74) is 4.63. The van der Waals surface area contributed by atoms with Crippen LogP contribution in [0.2, 0.25) is 10.0 Å². The Morgan fingerprint density at radius 2 is 1.74 bits per heavy atom. The first-order chi connectivity index (χ1) is 22.4. The molecule has 6 rings (SSSR count). The van der Waals surface area contributed by atoms with Gasteiger partial charge >= 0.3 is 6.09 Å². The van der Waals surface area contributed by atoms with Crippen molar-refractivity contribution in [2.75, 3.05) is 26.7 Å². The molecule has 3 aromatic carbocycles. The van der Waals surface area contributed by atoms with E-state index in [1.165, 1.54) is 0 Å². The molecular formula is C35H34Cl2N4O5. The van der Waals surface area contributed by atoms with Gasteiger partial charge < -0.3 is 24.9 Å². The molecule has 1 aliphatic heterocycles. The number of likely N-dealkylation sites (N-methyl/N-ethyl adjacent to an activating group) is 1. The number of nitrogens with zero attached hydrogens (tertiary/aromatic N) is 2. The summed E-state index contributed by atoms with van der Waals surface area (Å²) in [6.45, 7) is 1.40. The minimum atomic E-state index is -0.462. The van der Waals surface area contributed by atoms with Crippen LogP contribution in [0.15, 0.2) is 91.3 Å². The molecular weight excluding hydrogens is 627 g/mol. The highest BCUT2D eigenvalue weighted by Crippen LogP contribution is 2.40. The Balaban J connectivity index is 0.000000455. The summed E-state index contributed by atoms with van der Waals surface area (Å²) >= 11 is 12.3. The van der Waals surface area contributed by atoms with Gasteiger partial charge in [-0.25, -0.2) is 4.79 Å². The van der Waals surface area contributed by atoms with Crippen LogP contribution in [-0.2, 0) is 6.42 Å². The maximum absolute atomic E-state index is 13.4. The van der Waals surface area contributed by atoms with Gasteiger partial charge in [-0.05, 0) is 91.3 Å².